The highest BCUT2D eigenvalue weighted by molar-refractivity contribution is 7.11. The number of ketones is 1. The molecule has 0 spiro atoms. The van der Waals surface area contributed by atoms with E-state index in [2.05, 4.69) is 4.98 Å². The number of aromatic nitrogens is 1. The summed E-state index contributed by atoms with van der Waals surface area (Å²) in [5.41, 5.74) is 0.558. The monoisotopic (exact) mass is 243 g/mol. The van der Waals surface area contributed by atoms with Crippen LogP contribution < -0.4 is 0 Å². The Labute approximate surface area is 97.4 Å². The van der Waals surface area contributed by atoms with Gasteiger partial charge in [0.2, 0.25) is 5.78 Å². The van der Waals surface area contributed by atoms with Crippen LogP contribution in [-0.2, 0) is 20.7 Å². The lowest BCUT2D eigenvalue weighted by molar-refractivity contribution is -0.142. The predicted octanol–water partition coefficient (Wildman–Crippen LogP) is 1.08. The minimum absolute atomic E-state index is 0.00631. The minimum atomic E-state index is -0.335. The smallest absolute Gasteiger partial charge is 0.311 e. The third-order valence-corrected chi connectivity index (χ3v) is 2.63. The third-order valence-electron chi connectivity index (χ3n) is 1.70. The van der Waals surface area contributed by atoms with E-state index in [9.17, 15) is 9.59 Å². The number of ether oxygens (including phenoxy) is 2. The first-order valence-corrected chi connectivity index (χ1v) is 5.67. The van der Waals surface area contributed by atoms with E-state index < -0.39 is 0 Å². The van der Waals surface area contributed by atoms with Crippen molar-refractivity contribution in [3.8, 4) is 0 Å². The Kier molecular flexibility index (Phi) is 5.07. The number of carbonyl (C=O) groups is 2. The molecule has 0 aliphatic rings. The van der Waals surface area contributed by atoms with Gasteiger partial charge in [0.1, 0.15) is 6.61 Å². The topological polar surface area (TPSA) is 65.5 Å². The van der Waals surface area contributed by atoms with Crippen LogP contribution in [0, 0.1) is 0 Å². The highest BCUT2D eigenvalue weighted by Gasteiger charge is 2.13. The van der Waals surface area contributed by atoms with Gasteiger partial charge in [0.15, 0.2) is 5.01 Å². The van der Waals surface area contributed by atoms with E-state index >= 15 is 0 Å². The van der Waals surface area contributed by atoms with Crippen molar-refractivity contribution in [3.05, 3.63) is 16.1 Å². The molecule has 1 aromatic heterocycles. The molecule has 0 saturated carbocycles. The van der Waals surface area contributed by atoms with Crippen LogP contribution in [-0.4, -0.2) is 37.1 Å². The molecule has 0 bridgehead atoms. The van der Waals surface area contributed by atoms with Crippen LogP contribution in [0.3, 0.4) is 0 Å². The first-order valence-electron chi connectivity index (χ1n) is 4.79. The summed E-state index contributed by atoms with van der Waals surface area (Å²) < 4.78 is 9.49. The van der Waals surface area contributed by atoms with Crippen molar-refractivity contribution in [2.45, 2.75) is 13.3 Å². The van der Waals surface area contributed by atoms with E-state index in [-0.39, 0.29) is 24.8 Å². The average Bonchev–Trinajstić information content (AvgIpc) is 2.67. The lowest BCUT2D eigenvalue weighted by atomic mass is 10.3. The number of hydrogen-bond donors (Lipinski definition) is 0. The van der Waals surface area contributed by atoms with Gasteiger partial charge in [-0.25, -0.2) is 4.98 Å². The van der Waals surface area contributed by atoms with Gasteiger partial charge in [0, 0.05) is 12.5 Å². The van der Waals surface area contributed by atoms with E-state index in [1.807, 2.05) is 0 Å². The highest BCUT2D eigenvalue weighted by atomic mass is 32.1. The van der Waals surface area contributed by atoms with Crippen molar-refractivity contribution in [2.75, 3.05) is 20.3 Å². The van der Waals surface area contributed by atoms with Crippen LogP contribution in [0.5, 0.6) is 0 Å². The molecule has 0 unspecified atom stereocenters. The van der Waals surface area contributed by atoms with Gasteiger partial charge < -0.3 is 9.47 Å². The van der Waals surface area contributed by atoms with Crippen molar-refractivity contribution < 1.29 is 19.1 Å². The zero-order chi connectivity index (χ0) is 12.0. The van der Waals surface area contributed by atoms with Gasteiger partial charge in [-0.05, 0) is 6.92 Å². The molecule has 0 aromatic carbocycles. The van der Waals surface area contributed by atoms with Gasteiger partial charge >= 0.3 is 5.97 Å². The summed E-state index contributed by atoms with van der Waals surface area (Å²) in [6.07, 6.45) is 0.102. The Bertz CT molecular complexity index is 375. The third kappa shape index (κ3) is 3.71. The average molecular weight is 243 g/mol. The second kappa shape index (κ2) is 6.34. The van der Waals surface area contributed by atoms with Gasteiger partial charge in [-0.2, -0.15) is 0 Å². The summed E-state index contributed by atoms with van der Waals surface area (Å²) in [5, 5.41) is 2.04. The Hall–Kier alpha value is -1.27. The summed E-state index contributed by atoms with van der Waals surface area (Å²) in [7, 11) is 1.45. The van der Waals surface area contributed by atoms with Crippen LogP contribution >= 0.6 is 11.3 Å². The molecular formula is C10H13NO4S. The van der Waals surface area contributed by atoms with Gasteiger partial charge in [-0.3, -0.25) is 9.59 Å². The van der Waals surface area contributed by atoms with Crippen LogP contribution in [0.4, 0.5) is 0 Å². The van der Waals surface area contributed by atoms with Crippen LogP contribution in [0.2, 0.25) is 0 Å². The fourth-order valence-electron chi connectivity index (χ4n) is 1.07. The molecule has 5 nitrogen and oxygen atoms in total. The number of thiazole rings is 1. The number of hydrogen-bond acceptors (Lipinski definition) is 6. The van der Waals surface area contributed by atoms with Crippen molar-refractivity contribution in [1.29, 1.82) is 0 Å². The second-order valence-electron chi connectivity index (χ2n) is 2.98. The van der Waals surface area contributed by atoms with Gasteiger partial charge in [0.05, 0.1) is 18.7 Å². The van der Waals surface area contributed by atoms with Gasteiger partial charge in [0.25, 0.3) is 0 Å². The Balaban J connectivity index is 2.57. The predicted molar refractivity (Wildman–Crippen MR) is 58.7 cm³/mol. The molecule has 1 aromatic rings. The summed E-state index contributed by atoms with van der Waals surface area (Å²) in [6.45, 7) is 2.09. The standard InChI is InChI=1S/C10H13NO4S/c1-3-15-9(13)4-7-6-16-10(11-7)8(12)5-14-2/h6H,3-5H2,1-2H3. The van der Waals surface area contributed by atoms with Gasteiger partial charge in [-0.15, -0.1) is 11.3 Å². The number of carbonyl (C=O) groups excluding carboxylic acids is 2. The maximum atomic E-state index is 11.4. The summed E-state index contributed by atoms with van der Waals surface area (Å²) >= 11 is 1.21. The molecule has 0 radical (unpaired) electrons. The zero-order valence-corrected chi connectivity index (χ0v) is 10.0. The molecule has 0 saturated heterocycles. The molecule has 0 atom stereocenters. The zero-order valence-electron chi connectivity index (χ0n) is 9.19. The Morgan fingerprint density at radius 3 is 2.88 bits per heavy atom. The quantitative estimate of drug-likeness (QED) is 0.552. The van der Waals surface area contributed by atoms with E-state index in [1.165, 1.54) is 18.4 Å². The molecule has 0 amide bonds. The normalized spacial score (nSPS) is 10.1. The first-order chi connectivity index (χ1) is 7.67. The molecule has 1 rings (SSSR count). The molecule has 0 N–H and O–H groups in total. The fraction of sp³-hybridized carbons (Fsp3) is 0.500. The lowest BCUT2D eigenvalue weighted by Crippen LogP contribution is -2.09. The largest absolute Gasteiger partial charge is 0.466 e. The van der Waals surface area contributed by atoms with Crippen molar-refractivity contribution in [2.24, 2.45) is 0 Å². The molecule has 88 valence electrons. The molecule has 1 heterocycles. The maximum Gasteiger partial charge on any atom is 0.311 e. The molecule has 0 aliphatic heterocycles. The number of nitrogens with zero attached hydrogens (tertiary/aromatic N) is 1. The molecule has 0 aliphatic carbocycles. The first kappa shape index (κ1) is 12.8. The van der Waals surface area contributed by atoms with Crippen LogP contribution in [0.25, 0.3) is 0 Å². The molecule has 0 fully saturated rings. The van der Waals surface area contributed by atoms with E-state index in [0.717, 1.165) is 0 Å². The van der Waals surface area contributed by atoms with Crippen LogP contribution in [0.15, 0.2) is 5.38 Å². The van der Waals surface area contributed by atoms with Crippen molar-refractivity contribution >= 4 is 23.1 Å². The lowest BCUT2D eigenvalue weighted by Gasteiger charge is -1.98. The number of methoxy groups -OCH3 is 1. The Morgan fingerprint density at radius 1 is 1.50 bits per heavy atom. The maximum absolute atomic E-state index is 11.4. The highest BCUT2D eigenvalue weighted by Crippen LogP contribution is 2.11. The molecule has 16 heavy (non-hydrogen) atoms. The SMILES string of the molecule is CCOC(=O)Cc1csc(C(=O)COC)n1. The van der Waals surface area contributed by atoms with Crippen molar-refractivity contribution in [3.63, 3.8) is 0 Å². The number of Topliss-reactive ketones (excluding diaryl/α,β-unsaturated/α-hetero) is 1. The van der Waals surface area contributed by atoms with E-state index in [0.29, 0.717) is 17.3 Å². The molecule has 6 heteroatoms. The van der Waals surface area contributed by atoms with Crippen molar-refractivity contribution in [1.82, 2.24) is 4.98 Å². The summed E-state index contributed by atoms with van der Waals surface area (Å²) in [6, 6.07) is 0. The summed E-state index contributed by atoms with van der Waals surface area (Å²) in [5.74, 6) is -0.513. The van der Waals surface area contributed by atoms with Gasteiger partial charge in [-0.1, -0.05) is 0 Å². The van der Waals surface area contributed by atoms with Crippen LogP contribution in [0.1, 0.15) is 22.4 Å². The van der Waals surface area contributed by atoms with E-state index in [4.69, 9.17) is 9.47 Å². The second-order valence-corrected chi connectivity index (χ2v) is 3.84. The summed E-state index contributed by atoms with van der Waals surface area (Å²) in [4.78, 5) is 26.6. The Morgan fingerprint density at radius 2 is 2.25 bits per heavy atom. The number of esters is 1. The number of rotatable bonds is 6. The van der Waals surface area contributed by atoms with E-state index in [1.54, 1.807) is 12.3 Å². The fourth-order valence-corrected chi connectivity index (χ4v) is 1.81. The minimum Gasteiger partial charge on any atom is -0.466 e. The molecular weight excluding hydrogens is 230 g/mol.